The Kier molecular flexibility index (Phi) is 3.69. The molecule has 1 rings (SSSR count). The highest BCUT2D eigenvalue weighted by Gasteiger charge is 2.25. The Morgan fingerprint density at radius 2 is 2.29 bits per heavy atom. The normalized spacial score (nSPS) is 17.3. The molecule has 0 radical (unpaired) electrons. The summed E-state index contributed by atoms with van der Waals surface area (Å²) in [6, 6.07) is 0.362. The molecule has 0 heterocycles. The molecule has 1 atom stereocenters. The predicted octanol–water partition coefficient (Wildman–Crippen LogP) is 0.712. The summed E-state index contributed by atoms with van der Waals surface area (Å²) in [4.78, 5) is 13.6. The molecule has 3 N–H and O–H groups in total. The van der Waals surface area contributed by atoms with E-state index in [2.05, 4.69) is 5.32 Å². The molecule has 80 valence electrons. The van der Waals surface area contributed by atoms with E-state index < -0.39 is 0 Å². The van der Waals surface area contributed by atoms with Gasteiger partial charge in [-0.25, -0.2) is 4.79 Å². The molecule has 1 aliphatic carbocycles. The lowest BCUT2D eigenvalue weighted by molar-refractivity contribution is 0.206. The Hall–Kier alpha value is -0.840. The molecule has 1 fully saturated rings. The summed E-state index contributed by atoms with van der Waals surface area (Å²) in [5.74, 6) is 0.0694. The molecule has 0 aromatic heterocycles. The van der Waals surface area contributed by atoms with Gasteiger partial charge < -0.3 is 16.0 Å². The van der Waals surface area contributed by atoms with Crippen molar-refractivity contribution in [3.05, 3.63) is 0 Å². The minimum atomic E-state index is -0.0319. The Bertz CT molecular complexity index is 240. The zero-order chi connectivity index (χ0) is 10.7. The molecule has 1 unspecified atom stereocenters. The van der Waals surface area contributed by atoms with Crippen LogP contribution in [0.1, 0.15) is 19.8 Å². The zero-order valence-electron chi connectivity index (χ0n) is 8.62. The second-order valence-corrected chi connectivity index (χ2v) is 4.38. The van der Waals surface area contributed by atoms with E-state index >= 15 is 0 Å². The van der Waals surface area contributed by atoms with E-state index in [9.17, 15) is 4.79 Å². The quantitative estimate of drug-likeness (QED) is 0.679. The molecule has 2 amide bonds. The van der Waals surface area contributed by atoms with Gasteiger partial charge >= 0.3 is 6.03 Å². The average Bonchev–Trinajstić information content (AvgIpc) is 2.87. The highest BCUT2D eigenvalue weighted by Crippen LogP contribution is 2.18. The van der Waals surface area contributed by atoms with E-state index in [1.54, 1.807) is 11.9 Å². The molecule has 1 saturated carbocycles. The van der Waals surface area contributed by atoms with Crippen LogP contribution >= 0.6 is 12.2 Å². The maximum Gasteiger partial charge on any atom is 0.317 e. The van der Waals surface area contributed by atoms with Gasteiger partial charge in [0, 0.05) is 25.6 Å². The molecule has 0 spiro atoms. The third-order valence-corrected chi connectivity index (χ3v) is 2.69. The zero-order valence-corrected chi connectivity index (χ0v) is 9.43. The van der Waals surface area contributed by atoms with Crippen molar-refractivity contribution < 1.29 is 4.79 Å². The first-order valence-electron chi connectivity index (χ1n) is 4.81. The first-order chi connectivity index (χ1) is 6.50. The number of amides is 2. The van der Waals surface area contributed by atoms with Crippen LogP contribution in [0.15, 0.2) is 0 Å². The van der Waals surface area contributed by atoms with Gasteiger partial charge in [-0.15, -0.1) is 0 Å². The van der Waals surface area contributed by atoms with Gasteiger partial charge in [-0.1, -0.05) is 19.1 Å². The largest absolute Gasteiger partial charge is 0.393 e. The van der Waals surface area contributed by atoms with Crippen LogP contribution in [-0.4, -0.2) is 35.6 Å². The summed E-state index contributed by atoms with van der Waals surface area (Å²) in [5.41, 5.74) is 5.47. The topological polar surface area (TPSA) is 58.4 Å². The molecule has 0 aromatic carbocycles. The number of nitrogens with two attached hydrogens (primary N) is 1. The van der Waals surface area contributed by atoms with Crippen molar-refractivity contribution in [2.75, 3.05) is 13.6 Å². The Morgan fingerprint density at radius 1 is 1.71 bits per heavy atom. The number of thiocarbonyl (C=S) groups is 1. The molecule has 5 heteroatoms. The monoisotopic (exact) mass is 215 g/mol. The van der Waals surface area contributed by atoms with Crippen molar-refractivity contribution in [1.29, 1.82) is 0 Å². The van der Waals surface area contributed by atoms with Crippen molar-refractivity contribution in [2.24, 2.45) is 11.7 Å². The molecular weight excluding hydrogens is 198 g/mol. The van der Waals surface area contributed by atoms with Gasteiger partial charge in [0.15, 0.2) is 0 Å². The molecule has 1 aliphatic rings. The fraction of sp³-hybridized carbons (Fsp3) is 0.778. The van der Waals surface area contributed by atoms with E-state index in [4.69, 9.17) is 18.0 Å². The fourth-order valence-corrected chi connectivity index (χ4v) is 1.17. The molecule has 0 aliphatic heterocycles. The lowest BCUT2D eigenvalue weighted by atomic mass is 10.2. The molecule has 0 saturated heterocycles. The maximum absolute atomic E-state index is 11.5. The maximum atomic E-state index is 11.5. The molecule has 14 heavy (non-hydrogen) atoms. The number of urea groups is 1. The summed E-state index contributed by atoms with van der Waals surface area (Å²) in [6.07, 6.45) is 2.20. The van der Waals surface area contributed by atoms with Crippen molar-refractivity contribution in [1.82, 2.24) is 10.2 Å². The van der Waals surface area contributed by atoms with Crippen LogP contribution in [0.4, 0.5) is 4.79 Å². The van der Waals surface area contributed by atoms with E-state index in [1.165, 1.54) is 0 Å². The molecule has 0 aromatic rings. The van der Waals surface area contributed by atoms with Crippen molar-refractivity contribution in [3.8, 4) is 0 Å². The Morgan fingerprint density at radius 3 is 2.71 bits per heavy atom. The fourth-order valence-electron chi connectivity index (χ4n) is 1.10. The second-order valence-electron chi connectivity index (χ2n) is 3.91. The number of rotatable bonds is 4. The standard InChI is InChI=1S/C9H17N3OS/c1-6(8(10)14)5-12(2)9(13)11-7-3-4-7/h6-7H,3-5H2,1-2H3,(H2,10,14)(H,11,13). The first kappa shape index (κ1) is 11.2. The van der Waals surface area contributed by atoms with Gasteiger partial charge in [-0.2, -0.15) is 0 Å². The third-order valence-electron chi connectivity index (χ3n) is 2.29. The van der Waals surface area contributed by atoms with Crippen LogP contribution in [0, 0.1) is 5.92 Å². The summed E-state index contributed by atoms with van der Waals surface area (Å²) in [7, 11) is 1.76. The van der Waals surface area contributed by atoms with Gasteiger partial charge in [0.25, 0.3) is 0 Å². The number of carbonyl (C=O) groups is 1. The number of hydrogen-bond acceptors (Lipinski definition) is 2. The third kappa shape index (κ3) is 3.49. The van der Waals surface area contributed by atoms with E-state index in [-0.39, 0.29) is 11.9 Å². The minimum Gasteiger partial charge on any atom is -0.393 e. The van der Waals surface area contributed by atoms with Crippen molar-refractivity contribution in [2.45, 2.75) is 25.8 Å². The van der Waals surface area contributed by atoms with Crippen molar-refractivity contribution >= 4 is 23.2 Å². The Labute approximate surface area is 89.8 Å². The summed E-state index contributed by atoms with van der Waals surface area (Å²) in [5, 5.41) is 2.90. The number of carbonyl (C=O) groups excluding carboxylic acids is 1. The van der Waals surface area contributed by atoms with Gasteiger partial charge in [0.1, 0.15) is 0 Å². The van der Waals surface area contributed by atoms with Gasteiger partial charge in [-0.3, -0.25) is 0 Å². The van der Waals surface area contributed by atoms with Crippen LogP contribution in [0.25, 0.3) is 0 Å². The summed E-state index contributed by atoms with van der Waals surface area (Å²) < 4.78 is 0. The smallest absolute Gasteiger partial charge is 0.317 e. The highest BCUT2D eigenvalue weighted by molar-refractivity contribution is 7.80. The lowest BCUT2D eigenvalue weighted by Gasteiger charge is -2.21. The predicted molar refractivity (Wildman–Crippen MR) is 60.1 cm³/mol. The lowest BCUT2D eigenvalue weighted by Crippen LogP contribution is -2.42. The van der Waals surface area contributed by atoms with E-state index in [1.807, 2.05) is 6.92 Å². The van der Waals surface area contributed by atoms with Crippen LogP contribution in [0.2, 0.25) is 0 Å². The molecule has 4 nitrogen and oxygen atoms in total. The molecular formula is C9H17N3OS. The van der Waals surface area contributed by atoms with Crippen LogP contribution < -0.4 is 11.1 Å². The highest BCUT2D eigenvalue weighted by atomic mass is 32.1. The number of nitrogens with zero attached hydrogens (tertiary/aromatic N) is 1. The van der Waals surface area contributed by atoms with Crippen LogP contribution in [0.5, 0.6) is 0 Å². The number of hydrogen-bond donors (Lipinski definition) is 2. The van der Waals surface area contributed by atoms with Crippen LogP contribution in [0.3, 0.4) is 0 Å². The summed E-state index contributed by atoms with van der Waals surface area (Å²) in [6.45, 7) is 2.50. The van der Waals surface area contributed by atoms with Crippen LogP contribution in [-0.2, 0) is 0 Å². The average molecular weight is 215 g/mol. The summed E-state index contributed by atoms with van der Waals surface area (Å²) >= 11 is 4.84. The van der Waals surface area contributed by atoms with E-state index in [0.717, 1.165) is 12.8 Å². The first-order valence-corrected chi connectivity index (χ1v) is 5.22. The van der Waals surface area contributed by atoms with Crippen molar-refractivity contribution in [3.63, 3.8) is 0 Å². The Balaban J connectivity index is 2.28. The van der Waals surface area contributed by atoms with Gasteiger partial charge in [0.05, 0.1) is 4.99 Å². The molecule has 0 bridgehead atoms. The van der Waals surface area contributed by atoms with Gasteiger partial charge in [-0.05, 0) is 12.8 Å². The van der Waals surface area contributed by atoms with E-state index in [0.29, 0.717) is 17.6 Å². The minimum absolute atomic E-state index is 0.0319. The second kappa shape index (κ2) is 4.59. The number of nitrogens with one attached hydrogen (secondary N) is 1. The van der Waals surface area contributed by atoms with Gasteiger partial charge in [0.2, 0.25) is 0 Å². The SMILES string of the molecule is CC(CN(C)C(=O)NC1CC1)C(N)=S.